The van der Waals surface area contributed by atoms with E-state index >= 15 is 0 Å². The molecule has 0 fully saturated rings. The van der Waals surface area contributed by atoms with E-state index in [1.54, 1.807) is 12.1 Å². The van der Waals surface area contributed by atoms with Crippen LogP contribution in [0.5, 0.6) is 0 Å². The van der Waals surface area contributed by atoms with E-state index in [9.17, 15) is 13.0 Å². The second-order valence-corrected chi connectivity index (χ2v) is 13.4. The normalized spacial score (nSPS) is 11.7. The maximum Gasteiger partial charge on any atom is 0.294 e. The van der Waals surface area contributed by atoms with Crippen molar-refractivity contribution in [3.63, 3.8) is 0 Å². The molecule has 5 aromatic carbocycles. The summed E-state index contributed by atoms with van der Waals surface area (Å²) in [5, 5.41) is 0. The Balaban J connectivity index is 1.53. The molecule has 0 spiro atoms. The van der Waals surface area contributed by atoms with Crippen LogP contribution in [0.25, 0.3) is 0 Å². The lowest BCUT2D eigenvalue weighted by atomic mass is 9.83. The Morgan fingerprint density at radius 2 is 0.930 bits per heavy atom. The summed E-state index contributed by atoms with van der Waals surface area (Å²) in [5.74, 6) is -0.369. The highest BCUT2D eigenvalue weighted by atomic mass is 32.2. The third-order valence-corrected chi connectivity index (χ3v) is 9.50. The first kappa shape index (κ1) is 30.5. The molecule has 0 amide bonds. The third kappa shape index (κ3) is 6.82. The van der Waals surface area contributed by atoms with Crippen LogP contribution in [0.2, 0.25) is 0 Å². The van der Waals surface area contributed by atoms with E-state index in [4.69, 9.17) is 0 Å². The standard InChI is InChI=1S/C39H40O3S/c1-25-19-27(3)36(28(4)20-25)23-31-11-15-33(16-12-31)39(35-9-7-8-10-38(35)43(40,41)42)34-17-13-32(14-18-34)24-37-29(5)21-26(2)22-30(37)6/h7-22,39H,23-24H2,1-6H3,(H,40,41,42). The Morgan fingerprint density at radius 3 is 1.30 bits per heavy atom. The summed E-state index contributed by atoms with van der Waals surface area (Å²) in [6.07, 6.45) is 1.66. The predicted octanol–water partition coefficient (Wildman–Crippen LogP) is 9.15. The SMILES string of the molecule is Cc1cc(C)c(Cc2ccc(C(c3ccc(Cc4c(C)cc(C)cc4C)cc3)c3ccccc3S(=O)(=O)O)cc2)c(C)c1. The largest absolute Gasteiger partial charge is 0.294 e. The first-order chi connectivity index (χ1) is 20.4. The van der Waals surface area contributed by atoms with Crippen molar-refractivity contribution in [2.75, 3.05) is 0 Å². The number of aryl methyl sites for hydroxylation is 6. The lowest BCUT2D eigenvalue weighted by Gasteiger charge is -2.22. The van der Waals surface area contributed by atoms with Gasteiger partial charge in [0, 0.05) is 5.92 Å². The molecule has 0 bridgehead atoms. The van der Waals surface area contributed by atoms with Gasteiger partial charge < -0.3 is 0 Å². The highest BCUT2D eigenvalue weighted by molar-refractivity contribution is 7.85. The lowest BCUT2D eigenvalue weighted by Crippen LogP contribution is -2.10. The maximum atomic E-state index is 12.5. The summed E-state index contributed by atoms with van der Waals surface area (Å²) in [4.78, 5) is -0.0648. The Bertz CT molecular complexity index is 1730. The smallest absolute Gasteiger partial charge is 0.282 e. The molecular formula is C39H40O3S. The molecule has 0 saturated carbocycles. The Hall–Kier alpha value is -3.99. The van der Waals surface area contributed by atoms with Crippen molar-refractivity contribution in [1.82, 2.24) is 0 Å². The molecule has 0 aliphatic rings. The van der Waals surface area contributed by atoms with Crippen molar-refractivity contribution in [3.05, 3.63) is 169 Å². The zero-order valence-electron chi connectivity index (χ0n) is 25.9. The van der Waals surface area contributed by atoms with Crippen LogP contribution in [0.1, 0.15) is 78.2 Å². The monoisotopic (exact) mass is 588 g/mol. The van der Waals surface area contributed by atoms with Gasteiger partial charge in [0.2, 0.25) is 0 Å². The fourth-order valence-electron chi connectivity index (χ4n) is 6.55. The zero-order chi connectivity index (χ0) is 30.9. The van der Waals surface area contributed by atoms with Crippen LogP contribution in [0.4, 0.5) is 0 Å². The van der Waals surface area contributed by atoms with Gasteiger partial charge in [0.05, 0.1) is 4.90 Å². The van der Waals surface area contributed by atoms with Gasteiger partial charge in [-0.05, 0) is 122 Å². The van der Waals surface area contributed by atoms with Gasteiger partial charge in [-0.25, -0.2) is 0 Å². The summed E-state index contributed by atoms with van der Waals surface area (Å²) in [6.45, 7) is 12.9. The van der Waals surface area contributed by atoms with Crippen LogP contribution >= 0.6 is 0 Å². The number of hydrogen-bond acceptors (Lipinski definition) is 2. The minimum atomic E-state index is -4.42. The average molecular weight is 589 g/mol. The quantitative estimate of drug-likeness (QED) is 0.145. The fourth-order valence-corrected chi connectivity index (χ4v) is 7.28. The molecule has 0 radical (unpaired) electrons. The van der Waals surface area contributed by atoms with Gasteiger partial charge in [0.1, 0.15) is 0 Å². The molecule has 0 aromatic heterocycles. The lowest BCUT2D eigenvalue weighted by molar-refractivity contribution is 0.482. The van der Waals surface area contributed by atoms with E-state index in [0.29, 0.717) is 5.56 Å². The zero-order valence-corrected chi connectivity index (χ0v) is 26.7. The molecule has 0 aliphatic carbocycles. The van der Waals surface area contributed by atoms with Crippen LogP contribution in [-0.2, 0) is 23.0 Å². The minimum Gasteiger partial charge on any atom is -0.282 e. The number of hydrogen-bond donors (Lipinski definition) is 1. The molecule has 3 nitrogen and oxygen atoms in total. The average Bonchev–Trinajstić information content (AvgIpc) is 2.94. The van der Waals surface area contributed by atoms with Gasteiger partial charge in [0.25, 0.3) is 10.1 Å². The van der Waals surface area contributed by atoms with Crippen LogP contribution in [0, 0.1) is 41.5 Å². The van der Waals surface area contributed by atoms with Crippen molar-refractivity contribution < 1.29 is 13.0 Å². The third-order valence-electron chi connectivity index (χ3n) is 8.58. The van der Waals surface area contributed by atoms with Gasteiger partial charge in [-0.1, -0.05) is 102 Å². The van der Waals surface area contributed by atoms with Crippen molar-refractivity contribution >= 4 is 10.1 Å². The van der Waals surface area contributed by atoms with E-state index in [1.807, 2.05) is 6.07 Å². The Labute approximate surface area is 257 Å². The highest BCUT2D eigenvalue weighted by Gasteiger charge is 2.25. The summed E-state index contributed by atoms with van der Waals surface area (Å²) in [7, 11) is -4.42. The molecular weight excluding hydrogens is 548 g/mol. The molecule has 220 valence electrons. The Morgan fingerprint density at radius 1 is 0.558 bits per heavy atom. The van der Waals surface area contributed by atoms with Gasteiger partial charge in [-0.3, -0.25) is 4.55 Å². The van der Waals surface area contributed by atoms with Gasteiger partial charge in [0.15, 0.2) is 0 Å². The first-order valence-corrected chi connectivity index (χ1v) is 16.2. The molecule has 43 heavy (non-hydrogen) atoms. The van der Waals surface area contributed by atoms with E-state index < -0.39 is 10.1 Å². The van der Waals surface area contributed by atoms with Crippen molar-refractivity contribution in [1.29, 1.82) is 0 Å². The van der Waals surface area contributed by atoms with Gasteiger partial charge >= 0.3 is 0 Å². The molecule has 5 rings (SSSR count). The Kier molecular flexibility index (Phi) is 8.73. The van der Waals surface area contributed by atoms with Crippen LogP contribution in [-0.4, -0.2) is 13.0 Å². The predicted molar refractivity (Wildman–Crippen MR) is 177 cm³/mol. The fraction of sp³-hybridized carbons (Fsp3) is 0.231. The summed E-state index contributed by atoms with van der Waals surface area (Å²) in [6, 6.07) is 32.5. The van der Waals surface area contributed by atoms with Gasteiger partial charge in [-0.2, -0.15) is 8.42 Å². The van der Waals surface area contributed by atoms with Gasteiger partial charge in [-0.15, -0.1) is 0 Å². The number of rotatable bonds is 8. The van der Waals surface area contributed by atoms with E-state index in [2.05, 4.69) is 114 Å². The maximum absolute atomic E-state index is 12.5. The molecule has 0 unspecified atom stereocenters. The van der Waals surface area contributed by atoms with E-state index in [-0.39, 0.29) is 10.8 Å². The molecule has 0 heterocycles. The molecule has 0 atom stereocenters. The minimum absolute atomic E-state index is 0.0648. The van der Waals surface area contributed by atoms with E-state index in [0.717, 1.165) is 24.0 Å². The second kappa shape index (κ2) is 12.3. The summed E-state index contributed by atoms with van der Waals surface area (Å²) >= 11 is 0. The number of benzene rings is 5. The molecule has 1 N–H and O–H groups in total. The summed E-state index contributed by atoms with van der Waals surface area (Å²) < 4.78 is 35.1. The van der Waals surface area contributed by atoms with Crippen molar-refractivity contribution in [2.24, 2.45) is 0 Å². The van der Waals surface area contributed by atoms with Crippen molar-refractivity contribution in [3.8, 4) is 0 Å². The van der Waals surface area contributed by atoms with Crippen LogP contribution in [0.3, 0.4) is 0 Å². The van der Waals surface area contributed by atoms with Crippen molar-refractivity contribution in [2.45, 2.75) is 65.2 Å². The summed E-state index contributed by atoms with van der Waals surface area (Å²) in [5.41, 5.74) is 15.2. The molecule has 0 saturated heterocycles. The topological polar surface area (TPSA) is 54.4 Å². The highest BCUT2D eigenvalue weighted by Crippen LogP contribution is 2.36. The van der Waals surface area contributed by atoms with E-state index in [1.165, 1.54) is 61.7 Å². The molecule has 4 heteroatoms. The molecule has 0 aliphatic heterocycles. The van der Waals surface area contributed by atoms with Crippen LogP contribution in [0.15, 0.2) is 102 Å². The first-order valence-electron chi connectivity index (χ1n) is 14.8. The van der Waals surface area contributed by atoms with Crippen LogP contribution < -0.4 is 0 Å². The second-order valence-electron chi connectivity index (χ2n) is 12.0. The molecule has 5 aromatic rings.